The van der Waals surface area contributed by atoms with Crippen LogP contribution in [0.15, 0.2) is 67.3 Å². The molecule has 0 aliphatic heterocycles. The zero-order valence-electron chi connectivity index (χ0n) is 17.4. The van der Waals surface area contributed by atoms with Crippen molar-refractivity contribution in [2.75, 3.05) is 7.11 Å². The highest BCUT2D eigenvalue weighted by atomic mass is 19.1. The van der Waals surface area contributed by atoms with Crippen molar-refractivity contribution in [2.45, 2.75) is 0 Å². The monoisotopic (exact) mass is 437 g/mol. The fraction of sp³-hybridized carbons (Fsp3) is 0.0417. The van der Waals surface area contributed by atoms with Crippen molar-refractivity contribution < 1.29 is 9.13 Å². The number of aromatic nitrogens is 7. The highest BCUT2D eigenvalue weighted by Crippen LogP contribution is 2.32. The summed E-state index contributed by atoms with van der Waals surface area (Å²) >= 11 is 0. The van der Waals surface area contributed by atoms with Crippen LogP contribution in [0.25, 0.3) is 56.0 Å². The van der Waals surface area contributed by atoms with Crippen LogP contribution >= 0.6 is 0 Å². The second-order valence-corrected chi connectivity index (χ2v) is 7.46. The maximum atomic E-state index is 13.8. The molecule has 0 unspecified atom stereocenters. The van der Waals surface area contributed by atoms with Gasteiger partial charge in [0.25, 0.3) is 0 Å². The van der Waals surface area contributed by atoms with Crippen LogP contribution < -0.4 is 4.74 Å². The van der Waals surface area contributed by atoms with Gasteiger partial charge < -0.3 is 9.72 Å². The van der Waals surface area contributed by atoms with Crippen LogP contribution in [0.4, 0.5) is 4.39 Å². The van der Waals surface area contributed by atoms with Gasteiger partial charge in [-0.2, -0.15) is 5.10 Å². The molecule has 0 radical (unpaired) electrons. The molecule has 0 aliphatic rings. The lowest BCUT2D eigenvalue weighted by atomic mass is 10.1. The van der Waals surface area contributed by atoms with Gasteiger partial charge in [0, 0.05) is 35.3 Å². The molecule has 9 heteroatoms. The Kier molecular flexibility index (Phi) is 4.32. The first-order valence-electron chi connectivity index (χ1n) is 10.1. The molecule has 0 aliphatic carbocycles. The summed E-state index contributed by atoms with van der Waals surface area (Å²) in [6.07, 6.45) is 6.82. The molecule has 0 fully saturated rings. The summed E-state index contributed by atoms with van der Waals surface area (Å²) in [5.74, 6) is 0.890. The maximum absolute atomic E-state index is 13.8. The van der Waals surface area contributed by atoms with Gasteiger partial charge in [-0.15, -0.1) is 0 Å². The molecule has 6 rings (SSSR count). The summed E-state index contributed by atoms with van der Waals surface area (Å²) < 4.78 is 19.1. The highest BCUT2D eigenvalue weighted by molar-refractivity contribution is 5.96. The van der Waals surface area contributed by atoms with Crippen molar-refractivity contribution >= 4 is 22.2 Å². The van der Waals surface area contributed by atoms with Gasteiger partial charge in [-0.05, 0) is 35.9 Å². The first kappa shape index (κ1) is 19.1. The van der Waals surface area contributed by atoms with Crippen LogP contribution in [-0.2, 0) is 0 Å². The average Bonchev–Trinajstić information content (AvgIpc) is 3.47. The summed E-state index contributed by atoms with van der Waals surface area (Å²) in [6.45, 7) is 0. The second-order valence-electron chi connectivity index (χ2n) is 7.46. The molecular weight excluding hydrogens is 421 g/mol. The van der Waals surface area contributed by atoms with E-state index >= 15 is 0 Å². The highest BCUT2D eigenvalue weighted by Gasteiger charge is 2.17. The van der Waals surface area contributed by atoms with E-state index in [-0.39, 0.29) is 5.82 Å². The Morgan fingerprint density at radius 3 is 2.70 bits per heavy atom. The molecule has 8 nitrogen and oxygen atoms in total. The number of pyridine rings is 3. The molecule has 1 aromatic carbocycles. The Balaban J connectivity index is 1.49. The molecule has 5 heterocycles. The number of aromatic amines is 2. The van der Waals surface area contributed by atoms with Crippen molar-refractivity contribution in [3.63, 3.8) is 0 Å². The quantitative estimate of drug-likeness (QED) is 0.411. The molecule has 5 aromatic heterocycles. The normalized spacial score (nSPS) is 11.3. The topological polar surface area (TPSA) is 105 Å². The van der Waals surface area contributed by atoms with Crippen molar-refractivity contribution in [3.8, 4) is 39.5 Å². The van der Waals surface area contributed by atoms with E-state index in [1.54, 1.807) is 38.0 Å². The minimum Gasteiger partial charge on any atom is -0.495 e. The number of rotatable bonds is 4. The number of hydrogen-bond donors (Lipinski definition) is 2. The van der Waals surface area contributed by atoms with E-state index in [4.69, 9.17) is 9.72 Å². The third-order valence-electron chi connectivity index (χ3n) is 5.44. The lowest BCUT2D eigenvalue weighted by Gasteiger charge is -2.04. The standard InChI is InChI=1S/C24H16FN7O/c1-33-17-8-14(10-26-12-17)15-9-19-21(31-32-22(19)28-11-15)24-29-20-18(5-6-27-23(20)30-24)13-3-2-4-16(25)7-13/h2-12H,1H3,(H,27,29,30)(H,28,31,32). The number of benzene rings is 1. The maximum Gasteiger partial charge on any atom is 0.161 e. The Bertz CT molecular complexity index is 1640. The van der Waals surface area contributed by atoms with Crippen LogP contribution in [0, 0.1) is 5.82 Å². The molecule has 33 heavy (non-hydrogen) atoms. The average molecular weight is 437 g/mol. The third-order valence-corrected chi connectivity index (χ3v) is 5.44. The van der Waals surface area contributed by atoms with Gasteiger partial charge in [0.1, 0.15) is 22.8 Å². The van der Waals surface area contributed by atoms with Gasteiger partial charge in [-0.3, -0.25) is 10.1 Å². The first-order chi connectivity index (χ1) is 16.2. The molecule has 6 aromatic rings. The molecular formula is C24H16FN7O. The SMILES string of the molecule is COc1cncc(-c2cnc3[nH]nc(-c4nc5c(-c6cccc(F)c6)ccnc5[nH]4)c3c2)c1. The van der Waals surface area contributed by atoms with Gasteiger partial charge in [0.2, 0.25) is 0 Å². The van der Waals surface area contributed by atoms with Crippen LogP contribution in [-0.4, -0.2) is 42.2 Å². The van der Waals surface area contributed by atoms with E-state index in [0.717, 1.165) is 27.6 Å². The van der Waals surface area contributed by atoms with E-state index in [0.29, 0.717) is 34.1 Å². The minimum atomic E-state index is -0.308. The fourth-order valence-electron chi connectivity index (χ4n) is 3.84. The number of hydrogen-bond acceptors (Lipinski definition) is 6. The van der Waals surface area contributed by atoms with E-state index in [9.17, 15) is 4.39 Å². The lowest BCUT2D eigenvalue weighted by Crippen LogP contribution is -1.88. The van der Waals surface area contributed by atoms with Gasteiger partial charge in [-0.25, -0.2) is 19.3 Å². The zero-order valence-corrected chi connectivity index (χ0v) is 17.4. The Hall–Kier alpha value is -4.66. The molecule has 0 amide bonds. The van der Waals surface area contributed by atoms with E-state index in [1.807, 2.05) is 24.3 Å². The number of nitrogens with one attached hydrogen (secondary N) is 2. The van der Waals surface area contributed by atoms with Crippen molar-refractivity contribution in [1.29, 1.82) is 0 Å². The third kappa shape index (κ3) is 3.26. The van der Waals surface area contributed by atoms with E-state index in [2.05, 4.69) is 30.1 Å². The summed E-state index contributed by atoms with van der Waals surface area (Å²) in [6, 6.07) is 12.1. The number of ether oxygens (including phenoxy) is 1. The zero-order chi connectivity index (χ0) is 22.4. The van der Waals surface area contributed by atoms with Crippen molar-refractivity contribution in [3.05, 3.63) is 73.1 Å². The van der Waals surface area contributed by atoms with Crippen LogP contribution in [0.2, 0.25) is 0 Å². The Morgan fingerprint density at radius 1 is 0.909 bits per heavy atom. The molecule has 160 valence electrons. The largest absolute Gasteiger partial charge is 0.495 e. The number of halogens is 1. The fourth-order valence-corrected chi connectivity index (χ4v) is 3.84. The van der Waals surface area contributed by atoms with Crippen LogP contribution in [0.1, 0.15) is 0 Å². The minimum absolute atomic E-state index is 0.308. The van der Waals surface area contributed by atoms with Crippen molar-refractivity contribution in [1.82, 2.24) is 35.1 Å². The Morgan fingerprint density at radius 2 is 1.82 bits per heavy atom. The number of methoxy groups -OCH3 is 1. The second kappa shape index (κ2) is 7.49. The molecule has 0 saturated carbocycles. The first-order valence-corrected chi connectivity index (χ1v) is 10.1. The molecule has 0 atom stereocenters. The molecule has 2 N–H and O–H groups in total. The number of nitrogens with zero attached hydrogens (tertiary/aromatic N) is 5. The summed E-state index contributed by atoms with van der Waals surface area (Å²) in [7, 11) is 1.60. The number of H-pyrrole nitrogens is 2. The number of fused-ring (bicyclic) bond motifs is 2. The van der Waals surface area contributed by atoms with Crippen LogP contribution in [0.5, 0.6) is 5.75 Å². The predicted molar refractivity (Wildman–Crippen MR) is 122 cm³/mol. The molecule has 0 spiro atoms. The predicted octanol–water partition coefficient (Wildman–Crippen LogP) is 4.77. The van der Waals surface area contributed by atoms with E-state index in [1.165, 1.54) is 12.1 Å². The van der Waals surface area contributed by atoms with Gasteiger partial charge >= 0.3 is 0 Å². The number of imidazole rings is 1. The molecule has 0 saturated heterocycles. The van der Waals surface area contributed by atoms with Gasteiger partial charge in [0.05, 0.1) is 18.7 Å². The van der Waals surface area contributed by atoms with Gasteiger partial charge in [-0.1, -0.05) is 12.1 Å². The summed E-state index contributed by atoms with van der Waals surface area (Å²) in [5.41, 5.74) is 5.70. The van der Waals surface area contributed by atoms with E-state index < -0.39 is 0 Å². The summed E-state index contributed by atoms with van der Waals surface area (Å²) in [5, 5.41) is 8.18. The van der Waals surface area contributed by atoms with Crippen LogP contribution in [0.3, 0.4) is 0 Å². The molecule has 0 bridgehead atoms. The van der Waals surface area contributed by atoms with Crippen molar-refractivity contribution in [2.24, 2.45) is 0 Å². The van der Waals surface area contributed by atoms with Gasteiger partial charge in [0.15, 0.2) is 17.1 Å². The Labute approximate surface area is 186 Å². The smallest absolute Gasteiger partial charge is 0.161 e. The summed E-state index contributed by atoms with van der Waals surface area (Å²) in [4.78, 5) is 21.1. The lowest BCUT2D eigenvalue weighted by molar-refractivity contribution is 0.413.